The number of fused-ring (bicyclic) bond motifs is 1. The molecule has 6 heteroatoms. The second-order valence-electron chi connectivity index (χ2n) is 6.66. The lowest BCUT2D eigenvalue weighted by molar-refractivity contribution is -0.122. The van der Waals surface area contributed by atoms with E-state index in [2.05, 4.69) is 11.4 Å². The van der Waals surface area contributed by atoms with Gasteiger partial charge < -0.3 is 10.1 Å². The molecule has 0 aliphatic heterocycles. The van der Waals surface area contributed by atoms with Crippen LogP contribution in [-0.4, -0.2) is 17.5 Å². The lowest BCUT2D eigenvalue weighted by Gasteiger charge is -2.09. The Kier molecular flexibility index (Phi) is 5.79. The third-order valence-corrected chi connectivity index (χ3v) is 5.84. The van der Waals surface area contributed by atoms with Crippen LogP contribution >= 0.6 is 22.9 Å². The molecule has 1 aromatic heterocycles. The Balaban J connectivity index is 1.39. The third-order valence-electron chi connectivity index (χ3n) is 4.46. The highest BCUT2D eigenvalue weighted by atomic mass is 35.5. The van der Waals surface area contributed by atoms with Crippen molar-refractivity contribution in [2.24, 2.45) is 0 Å². The average molecular weight is 423 g/mol. The van der Waals surface area contributed by atoms with E-state index in [4.69, 9.17) is 21.3 Å². The number of rotatable bonds is 5. The van der Waals surface area contributed by atoms with E-state index >= 15 is 0 Å². The first kappa shape index (κ1) is 19.4. The molecular formula is C23H19ClN2O2S. The minimum Gasteiger partial charge on any atom is -0.483 e. The fourth-order valence-electron chi connectivity index (χ4n) is 2.97. The van der Waals surface area contributed by atoms with Crippen LogP contribution in [0.15, 0.2) is 78.5 Å². The molecule has 1 unspecified atom stereocenters. The number of aromatic nitrogens is 1. The summed E-state index contributed by atoms with van der Waals surface area (Å²) in [6.45, 7) is 1.91. The van der Waals surface area contributed by atoms with Gasteiger partial charge in [-0.15, -0.1) is 11.3 Å². The topological polar surface area (TPSA) is 51.2 Å². The zero-order valence-corrected chi connectivity index (χ0v) is 17.3. The number of carbonyl (C=O) groups is 1. The minimum atomic E-state index is -0.203. The zero-order valence-electron chi connectivity index (χ0n) is 15.8. The molecule has 4 nitrogen and oxygen atoms in total. The molecule has 0 saturated carbocycles. The number of hydrogen-bond acceptors (Lipinski definition) is 4. The molecule has 1 aliphatic carbocycles. The summed E-state index contributed by atoms with van der Waals surface area (Å²) in [5.41, 5.74) is 2.61. The van der Waals surface area contributed by atoms with Gasteiger partial charge in [0.25, 0.3) is 5.91 Å². The monoisotopic (exact) mass is 422 g/mol. The maximum Gasteiger partial charge on any atom is 0.262 e. The number of allylic oxidation sites excluding steroid dienone is 5. The molecule has 2 aromatic carbocycles. The predicted octanol–water partition coefficient (Wildman–Crippen LogP) is 5.55. The van der Waals surface area contributed by atoms with Gasteiger partial charge in [0.1, 0.15) is 10.8 Å². The highest BCUT2D eigenvalue weighted by Crippen LogP contribution is 2.31. The van der Waals surface area contributed by atoms with Crippen LogP contribution in [0.25, 0.3) is 10.2 Å². The van der Waals surface area contributed by atoms with Crippen LogP contribution in [-0.2, 0) is 4.79 Å². The van der Waals surface area contributed by atoms with E-state index in [1.807, 2.05) is 73.7 Å². The quantitative estimate of drug-likeness (QED) is 0.586. The van der Waals surface area contributed by atoms with Gasteiger partial charge in [0.05, 0.1) is 10.2 Å². The minimum absolute atomic E-state index is 0.0399. The molecule has 1 amide bonds. The van der Waals surface area contributed by atoms with Crippen LogP contribution in [0, 0.1) is 6.92 Å². The van der Waals surface area contributed by atoms with Crippen molar-refractivity contribution in [2.75, 3.05) is 6.61 Å². The second-order valence-corrected chi connectivity index (χ2v) is 8.16. The Morgan fingerprint density at radius 2 is 2.10 bits per heavy atom. The number of nitrogens with one attached hydrogen (secondary N) is 1. The van der Waals surface area contributed by atoms with Crippen molar-refractivity contribution >= 4 is 39.1 Å². The smallest absolute Gasteiger partial charge is 0.262 e. The number of thiazole rings is 1. The Bertz CT molecular complexity index is 1150. The number of para-hydroxylation sites is 1. The normalized spacial score (nSPS) is 15.8. The van der Waals surface area contributed by atoms with E-state index in [0.29, 0.717) is 16.5 Å². The predicted molar refractivity (Wildman–Crippen MR) is 119 cm³/mol. The van der Waals surface area contributed by atoms with Crippen LogP contribution in [0.5, 0.6) is 5.75 Å². The molecule has 1 heterocycles. The molecule has 4 rings (SSSR count). The number of nitrogens with zero attached hydrogens (tertiary/aromatic N) is 1. The van der Waals surface area contributed by atoms with E-state index in [0.717, 1.165) is 20.8 Å². The number of aryl methyl sites for hydroxylation is 1. The lowest BCUT2D eigenvalue weighted by Crippen LogP contribution is -2.27. The molecule has 0 fully saturated rings. The molecule has 0 radical (unpaired) electrons. The highest BCUT2D eigenvalue weighted by molar-refractivity contribution is 7.18. The summed E-state index contributed by atoms with van der Waals surface area (Å²) in [5.74, 6) is 0.551. The summed E-state index contributed by atoms with van der Waals surface area (Å²) >= 11 is 7.70. The highest BCUT2D eigenvalue weighted by Gasteiger charge is 2.13. The van der Waals surface area contributed by atoms with Crippen LogP contribution in [0.2, 0.25) is 5.02 Å². The second kappa shape index (κ2) is 8.64. The Morgan fingerprint density at radius 3 is 2.97 bits per heavy atom. The van der Waals surface area contributed by atoms with E-state index in [1.165, 1.54) is 0 Å². The summed E-state index contributed by atoms with van der Waals surface area (Å²) in [5, 5.41) is 4.55. The lowest BCUT2D eigenvalue weighted by atomic mass is 10.1. The van der Waals surface area contributed by atoms with Crippen LogP contribution in [0.3, 0.4) is 0 Å². The van der Waals surface area contributed by atoms with Crippen molar-refractivity contribution < 1.29 is 9.53 Å². The molecular weight excluding hydrogens is 404 g/mol. The summed E-state index contributed by atoms with van der Waals surface area (Å²) < 4.78 is 6.71. The Morgan fingerprint density at radius 1 is 1.24 bits per heavy atom. The SMILES string of the molecule is Cc1ccccc1OCC(=O)NC1=CC=CC(c2nc3cc(Cl)ccc3s2)C=C1. The van der Waals surface area contributed by atoms with E-state index in [-0.39, 0.29) is 18.4 Å². The van der Waals surface area contributed by atoms with Crippen molar-refractivity contribution in [2.45, 2.75) is 12.8 Å². The molecule has 29 heavy (non-hydrogen) atoms. The average Bonchev–Trinajstić information content (AvgIpc) is 2.98. The van der Waals surface area contributed by atoms with Crippen molar-refractivity contribution in [3.8, 4) is 5.75 Å². The van der Waals surface area contributed by atoms with Crippen molar-refractivity contribution in [1.82, 2.24) is 10.3 Å². The van der Waals surface area contributed by atoms with Crippen molar-refractivity contribution in [3.63, 3.8) is 0 Å². The first-order chi connectivity index (χ1) is 14.1. The van der Waals surface area contributed by atoms with Gasteiger partial charge in [-0.05, 0) is 48.9 Å². The van der Waals surface area contributed by atoms with Gasteiger partial charge >= 0.3 is 0 Å². The molecule has 0 saturated heterocycles. The number of hydrogen-bond donors (Lipinski definition) is 1. The largest absolute Gasteiger partial charge is 0.483 e. The first-order valence-electron chi connectivity index (χ1n) is 9.19. The van der Waals surface area contributed by atoms with Gasteiger partial charge in [0.2, 0.25) is 0 Å². The van der Waals surface area contributed by atoms with Gasteiger partial charge in [-0.2, -0.15) is 0 Å². The molecule has 1 aliphatic rings. The maximum atomic E-state index is 12.3. The summed E-state index contributed by atoms with van der Waals surface area (Å²) in [4.78, 5) is 16.9. The van der Waals surface area contributed by atoms with E-state index < -0.39 is 0 Å². The van der Waals surface area contributed by atoms with Gasteiger partial charge in [-0.1, -0.05) is 48.0 Å². The number of amides is 1. The number of carbonyl (C=O) groups excluding carboxylic acids is 1. The molecule has 0 bridgehead atoms. The summed E-state index contributed by atoms with van der Waals surface area (Å²) in [6.07, 6.45) is 9.78. The van der Waals surface area contributed by atoms with Gasteiger partial charge in [-0.3, -0.25) is 4.79 Å². The molecule has 3 aromatic rings. The molecule has 1 N–H and O–H groups in total. The third kappa shape index (κ3) is 4.75. The van der Waals surface area contributed by atoms with Crippen molar-refractivity contribution in [3.05, 3.63) is 94.1 Å². The van der Waals surface area contributed by atoms with E-state index in [9.17, 15) is 4.79 Å². The molecule has 1 atom stereocenters. The van der Waals surface area contributed by atoms with Gasteiger partial charge in [0.15, 0.2) is 6.61 Å². The number of halogens is 1. The van der Waals surface area contributed by atoms with Crippen molar-refractivity contribution in [1.29, 1.82) is 0 Å². The maximum absolute atomic E-state index is 12.3. The zero-order chi connectivity index (χ0) is 20.2. The molecule has 0 spiro atoms. The first-order valence-corrected chi connectivity index (χ1v) is 10.4. The van der Waals surface area contributed by atoms with Gasteiger partial charge in [0, 0.05) is 16.6 Å². The molecule has 146 valence electrons. The summed E-state index contributed by atoms with van der Waals surface area (Å²) in [6, 6.07) is 13.4. The number of benzene rings is 2. The Labute approximate surface area is 178 Å². The van der Waals surface area contributed by atoms with Gasteiger partial charge in [-0.25, -0.2) is 4.98 Å². The fourth-order valence-corrected chi connectivity index (χ4v) is 4.15. The summed E-state index contributed by atoms with van der Waals surface area (Å²) in [7, 11) is 0. The number of ether oxygens (including phenoxy) is 1. The van der Waals surface area contributed by atoms with Crippen LogP contribution in [0.4, 0.5) is 0 Å². The standard InChI is InChI=1S/C23H19ClN2O2S/c1-15-5-2-3-8-20(15)28-14-22(27)25-18-7-4-6-16(9-11-18)23-26-19-13-17(24)10-12-21(19)29-23/h2-13,16H,14H2,1H3,(H,25,27). The van der Waals surface area contributed by atoms with E-state index in [1.54, 1.807) is 11.3 Å². The fraction of sp³-hybridized carbons (Fsp3) is 0.130. The van der Waals surface area contributed by atoms with Crippen LogP contribution < -0.4 is 10.1 Å². The van der Waals surface area contributed by atoms with Crippen LogP contribution in [0.1, 0.15) is 16.5 Å². The Hall–Kier alpha value is -2.89.